The quantitative estimate of drug-likeness (QED) is 0.540. The Hall–Kier alpha value is -3.59. The van der Waals surface area contributed by atoms with Crippen LogP contribution in [0.4, 0.5) is 11.4 Å². The standard InChI is InChI=1S/C23H24N4O4S/c1-30-21-11-16(5-7-20(21)31-12-17-13-32-14-25-17)23(29)26-18-10-15(22(24)28)4-6-19(18)27-8-2-3-9-27/h4-7,10-11,13-14H,2-3,8-9,12H2,1H3,(H2,24,28)(H,26,29). The summed E-state index contributed by atoms with van der Waals surface area (Å²) in [6.45, 7) is 2.11. The van der Waals surface area contributed by atoms with E-state index in [9.17, 15) is 9.59 Å². The van der Waals surface area contributed by atoms with E-state index in [2.05, 4.69) is 15.2 Å². The highest BCUT2D eigenvalue weighted by molar-refractivity contribution is 7.07. The molecular formula is C23H24N4O4S. The van der Waals surface area contributed by atoms with Gasteiger partial charge in [-0.3, -0.25) is 9.59 Å². The largest absolute Gasteiger partial charge is 0.493 e. The predicted molar refractivity (Wildman–Crippen MR) is 124 cm³/mol. The third-order valence-electron chi connectivity index (χ3n) is 5.26. The minimum atomic E-state index is -0.545. The van der Waals surface area contributed by atoms with Crippen molar-refractivity contribution >= 4 is 34.5 Å². The van der Waals surface area contributed by atoms with Gasteiger partial charge in [-0.2, -0.15) is 0 Å². The Balaban J connectivity index is 1.55. The minimum Gasteiger partial charge on any atom is -0.493 e. The summed E-state index contributed by atoms with van der Waals surface area (Å²) in [5.41, 5.74) is 10.2. The van der Waals surface area contributed by atoms with Gasteiger partial charge in [0.2, 0.25) is 5.91 Å². The first-order chi connectivity index (χ1) is 15.5. The molecular weight excluding hydrogens is 428 g/mol. The molecule has 0 aliphatic carbocycles. The molecule has 1 aromatic heterocycles. The third-order valence-corrected chi connectivity index (χ3v) is 5.90. The van der Waals surface area contributed by atoms with E-state index < -0.39 is 5.91 Å². The summed E-state index contributed by atoms with van der Waals surface area (Å²) in [6.07, 6.45) is 2.18. The van der Waals surface area contributed by atoms with Crippen molar-refractivity contribution in [3.63, 3.8) is 0 Å². The molecule has 3 N–H and O–H groups in total. The van der Waals surface area contributed by atoms with Crippen molar-refractivity contribution in [1.82, 2.24) is 4.98 Å². The monoisotopic (exact) mass is 452 g/mol. The van der Waals surface area contributed by atoms with Crippen LogP contribution in [0.2, 0.25) is 0 Å². The highest BCUT2D eigenvalue weighted by Crippen LogP contribution is 2.32. The van der Waals surface area contributed by atoms with E-state index in [1.54, 1.807) is 35.8 Å². The number of thiazole rings is 1. The molecule has 0 unspecified atom stereocenters. The van der Waals surface area contributed by atoms with Gasteiger partial charge in [-0.1, -0.05) is 0 Å². The lowest BCUT2D eigenvalue weighted by molar-refractivity contribution is 0.0996. The van der Waals surface area contributed by atoms with E-state index in [1.165, 1.54) is 18.4 Å². The molecule has 4 rings (SSSR count). The van der Waals surface area contributed by atoms with Gasteiger partial charge in [0.1, 0.15) is 6.61 Å². The Bertz CT molecular complexity index is 1110. The lowest BCUT2D eigenvalue weighted by atomic mass is 10.1. The van der Waals surface area contributed by atoms with Gasteiger partial charge in [-0.25, -0.2) is 4.98 Å². The maximum absolute atomic E-state index is 13.0. The minimum absolute atomic E-state index is 0.310. The second kappa shape index (κ2) is 9.69. The Morgan fingerprint density at radius 2 is 1.91 bits per heavy atom. The number of benzene rings is 2. The van der Waals surface area contributed by atoms with Gasteiger partial charge in [0.25, 0.3) is 5.91 Å². The molecule has 2 aromatic carbocycles. The number of nitrogens with two attached hydrogens (primary N) is 1. The van der Waals surface area contributed by atoms with Crippen LogP contribution in [0.5, 0.6) is 11.5 Å². The van der Waals surface area contributed by atoms with Crippen molar-refractivity contribution in [2.45, 2.75) is 19.4 Å². The van der Waals surface area contributed by atoms with Crippen molar-refractivity contribution in [2.24, 2.45) is 5.73 Å². The molecule has 1 fully saturated rings. The van der Waals surface area contributed by atoms with Crippen LogP contribution >= 0.6 is 11.3 Å². The SMILES string of the molecule is COc1cc(C(=O)Nc2cc(C(N)=O)ccc2N2CCCC2)ccc1OCc1cscn1. The molecule has 1 aliphatic rings. The van der Waals surface area contributed by atoms with Crippen molar-refractivity contribution in [2.75, 3.05) is 30.4 Å². The highest BCUT2D eigenvalue weighted by Gasteiger charge is 2.19. The Morgan fingerprint density at radius 3 is 2.59 bits per heavy atom. The van der Waals surface area contributed by atoms with Crippen LogP contribution in [0.25, 0.3) is 0 Å². The molecule has 0 radical (unpaired) electrons. The van der Waals surface area contributed by atoms with Crippen molar-refractivity contribution in [3.05, 3.63) is 64.1 Å². The smallest absolute Gasteiger partial charge is 0.255 e. The summed E-state index contributed by atoms with van der Waals surface area (Å²) >= 11 is 1.50. The van der Waals surface area contributed by atoms with Crippen LogP contribution in [0.3, 0.4) is 0 Å². The zero-order valence-electron chi connectivity index (χ0n) is 17.7. The summed E-state index contributed by atoms with van der Waals surface area (Å²) < 4.78 is 11.2. The number of aromatic nitrogens is 1. The first kappa shape index (κ1) is 21.6. The average molecular weight is 453 g/mol. The molecule has 1 aliphatic heterocycles. The number of hydrogen-bond donors (Lipinski definition) is 2. The van der Waals surface area contributed by atoms with Crippen molar-refractivity contribution < 1.29 is 19.1 Å². The normalized spacial score (nSPS) is 13.1. The number of amides is 2. The summed E-state index contributed by atoms with van der Waals surface area (Å²) in [6, 6.07) is 10.1. The number of nitrogens with zero attached hydrogens (tertiary/aromatic N) is 2. The Kier molecular flexibility index (Phi) is 6.55. The van der Waals surface area contributed by atoms with Gasteiger partial charge < -0.3 is 25.4 Å². The maximum Gasteiger partial charge on any atom is 0.255 e. The number of nitrogens with one attached hydrogen (secondary N) is 1. The maximum atomic E-state index is 13.0. The number of primary amides is 1. The first-order valence-corrected chi connectivity index (χ1v) is 11.2. The van der Waals surface area contributed by atoms with Gasteiger partial charge in [0.05, 0.1) is 29.7 Å². The fourth-order valence-electron chi connectivity index (χ4n) is 3.61. The summed E-state index contributed by atoms with van der Waals surface area (Å²) in [5, 5.41) is 4.84. The number of ether oxygens (including phenoxy) is 2. The molecule has 3 aromatic rings. The van der Waals surface area contributed by atoms with Gasteiger partial charge in [-0.05, 0) is 49.2 Å². The molecule has 1 saturated heterocycles. The Morgan fingerprint density at radius 1 is 1.12 bits per heavy atom. The van der Waals surface area contributed by atoms with Crippen LogP contribution in [-0.4, -0.2) is 37.0 Å². The number of rotatable bonds is 8. The van der Waals surface area contributed by atoms with Crippen molar-refractivity contribution in [3.8, 4) is 11.5 Å². The second-order valence-electron chi connectivity index (χ2n) is 7.38. The molecule has 8 nitrogen and oxygen atoms in total. The van der Waals surface area contributed by atoms with Gasteiger partial charge in [0.15, 0.2) is 11.5 Å². The summed E-state index contributed by atoms with van der Waals surface area (Å²) in [4.78, 5) is 31.1. The first-order valence-electron chi connectivity index (χ1n) is 10.2. The number of hydrogen-bond acceptors (Lipinski definition) is 7. The van der Waals surface area contributed by atoms with E-state index in [0.29, 0.717) is 34.9 Å². The lowest BCUT2D eigenvalue weighted by Crippen LogP contribution is -2.22. The number of carbonyl (C=O) groups is 2. The molecule has 166 valence electrons. The second-order valence-corrected chi connectivity index (χ2v) is 8.10. The average Bonchev–Trinajstić information content (AvgIpc) is 3.52. The highest BCUT2D eigenvalue weighted by atomic mass is 32.1. The predicted octanol–water partition coefficient (Wildman–Crippen LogP) is 3.68. The molecule has 0 bridgehead atoms. The zero-order valence-corrected chi connectivity index (χ0v) is 18.5. The van der Waals surface area contributed by atoms with Crippen LogP contribution in [0.15, 0.2) is 47.3 Å². The molecule has 32 heavy (non-hydrogen) atoms. The summed E-state index contributed by atoms with van der Waals surface area (Å²) in [7, 11) is 1.52. The number of methoxy groups -OCH3 is 1. The number of carbonyl (C=O) groups excluding carboxylic acids is 2. The number of anilines is 2. The van der Waals surface area contributed by atoms with Crippen LogP contribution < -0.4 is 25.4 Å². The van der Waals surface area contributed by atoms with Gasteiger partial charge >= 0.3 is 0 Å². The van der Waals surface area contributed by atoms with Crippen LogP contribution in [0.1, 0.15) is 39.3 Å². The molecule has 2 heterocycles. The lowest BCUT2D eigenvalue weighted by Gasteiger charge is -2.22. The fraction of sp³-hybridized carbons (Fsp3) is 0.261. The molecule has 2 amide bonds. The molecule has 0 saturated carbocycles. The summed E-state index contributed by atoms with van der Waals surface area (Å²) in [5.74, 6) is 0.0947. The topological polar surface area (TPSA) is 107 Å². The molecule has 9 heteroatoms. The van der Waals surface area contributed by atoms with E-state index in [-0.39, 0.29) is 5.91 Å². The van der Waals surface area contributed by atoms with E-state index in [1.807, 2.05) is 11.4 Å². The van der Waals surface area contributed by atoms with Gasteiger partial charge in [-0.15, -0.1) is 11.3 Å². The van der Waals surface area contributed by atoms with E-state index >= 15 is 0 Å². The van der Waals surface area contributed by atoms with Crippen LogP contribution in [0, 0.1) is 0 Å². The zero-order chi connectivity index (χ0) is 22.5. The van der Waals surface area contributed by atoms with Gasteiger partial charge in [0, 0.05) is 29.6 Å². The Labute approximate surface area is 190 Å². The van der Waals surface area contributed by atoms with E-state index in [4.69, 9.17) is 15.2 Å². The van der Waals surface area contributed by atoms with Crippen molar-refractivity contribution in [1.29, 1.82) is 0 Å². The van der Waals surface area contributed by atoms with Crippen LogP contribution in [-0.2, 0) is 6.61 Å². The third kappa shape index (κ3) is 4.83. The molecule has 0 atom stereocenters. The van der Waals surface area contributed by atoms with E-state index in [0.717, 1.165) is 37.3 Å². The fourth-order valence-corrected chi connectivity index (χ4v) is 4.15. The molecule has 0 spiro atoms.